The molecule has 9 nitrogen and oxygen atoms in total. The first-order valence-corrected chi connectivity index (χ1v) is 13.8. The van der Waals surface area contributed by atoms with Gasteiger partial charge in [-0.2, -0.15) is 0 Å². The fraction of sp³-hybridized carbons (Fsp3) is 0.0476. The van der Waals surface area contributed by atoms with E-state index in [0.717, 1.165) is 22.0 Å². The molecule has 182 valence electrons. The van der Waals surface area contributed by atoms with Gasteiger partial charge in [-0.1, -0.05) is 17.7 Å². The smallest absolute Gasteiger partial charge is 0.333 e. The van der Waals surface area contributed by atoms with Gasteiger partial charge in [0.05, 0.1) is 15.4 Å². The van der Waals surface area contributed by atoms with E-state index < -0.39 is 38.5 Å². The van der Waals surface area contributed by atoms with Crippen molar-refractivity contribution < 1.29 is 26.0 Å². The van der Waals surface area contributed by atoms with Gasteiger partial charge in [0.25, 0.3) is 15.6 Å². The average molecular weight is 556 g/mol. The second kappa shape index (κ2) is 9.77. The van der Waals surface area contributed by atoms with Crippen LogP contribution in [0.1, 0.15) is 0 Å². The Morgan fingerprint density at radius 3 is 2.57 bits per heavy atom. The zero-order valence-corrected chi connectivity index (χ0v) is 20.9. The Morgan fingerprint density at radius 1 is 1.14 bits per heavy atom. The standard InChI is InChI=1S/C21H15ClFN3O6S3/c1-34(29)32-14-4-2-12-8-9-26(20(27)15(12)11-14)17-5-3-13(10-16(17)23)24-21(28)25-35(30,31)19-7-6-18(22)33-19/h2-11H,1H3,(H2,24,25,28). The lowest BCUT2D eigenvalue weighted by atomic mass is 10.1. The van der Waals surface area contributed by atoms with E-state index in [4.69, 9.17) is 15.8 Å². The molecule has 0 aliphatic rings. The summed E-state index contributed by atoms with van der Waals surface area (Å²) in [5.41, 5.74) is -0.694. The molecule has 2 N–H and O–H groups in total. The maximum atomic E-state index is 14.9. The van der Waals surface area contributed by atoms with Crippen LogP contribution in [0, 0.1) is 5.82 Å². The van der Waals surface area contributed by atoms with Crippen molar-refractivity contribution in [1.29, 1.82) is 0 Å². The summed E-state index contributed by atoms with van der Waals surface area (Å²) in [4.78, 5) is 25.1. The summed E-state index contributed by atoms with van der Waals surface area (Å²) in [6.45, 7) is 0. The summed E-state index contributed by atoms with van der Waals surface area (Å²) in [6.07, 6.45) is 2.73. The fourth-order valence-corrected chi connectivity index (χ4v) is 5.91. The van der Waals surface area contributed by atoms with Crippen molar-refractivity contribution in [3.8, 4) is 11.4 Å². The summed E-state index contributed by atoms with van der Waals surface area (Å²) in [7, 11) is -4.15. The number of sulfonamides is 1. The minimum absolute atomic E-state index is 0.0434. The Labute approximate surface area is 209 Å². The van der Waals surface area contributed by atoms with Gasteiger partial charge in [0, 0.05) is 18.1 Å². The van der Waals surface area contributed by atoms with Gasteiger partial charge in [-0.3, -0.25) is 9.36 Å². The first kappa shape index (κ1) is 24.9. The molecule has 0 aliphatic carbocycles. The summed E-state index contributed by atoms with van der Waals surface area (Å²) >= 11 is 4.91. The average Bonchev–Trinajstić information content (AvgIpc) is 3.22. The van der Waals surface area contributed by atoms with Crippen LogP contribution in [0.3, 0.4) is 0 Å². The minimum Gasteiger partial charge on any atom is -0.401 e. The third-order valence-corrected chi connectivity index (χ3v) is 8.08. The summed E-state index contributed by atoms with van der Waals surface area (Å²) < 4.78 is 58.7. The number of urea groups is 1. The van der Waals surface area contributed by atoms with Gasteiger partial charge in [-0.25, -0.2) is 26.5 Å². The maximum absolute atomic E-state index is 14.9. The highest BCUT2D eigenvalue weighted by Crippen LogP contribution is 2.26. The van der Waals surface area contributed by atoms with Crippen LogP contribution < -0.4 is 19.8 Å². The maximum Gasteiger partial charge on any atom is 0.333 e. The molecule has 35 heavy (non-hydrogen) atoms. The molecule has 0 fully saturated rings. The van der Waals surface area contributed by atoms with Gasteiger partial charge in [0.1, 0.15) is 15.8 Å². The molecule has 1 unspecified atom stereocenters. The third-order valence-electron chi connectivity index (χ3n) is 4.60. The van der Waals surface area contributed by atoms with Crippen LogP contribution in [0.5, 0.6) is 5.75 Å². The molecule has 0 saturated carbocycles. The molecule has 4 aromatic rings. The Balaban J connectivity index is 1.58. The van der Waals surface area contributed by atoms with Crippen molar-refractivity contribution in [3.63, 3.8) is 0 Å². The monoisotopic (exact) mass is 555 g/mol. The minimum atomic E-state index is -4.15. The van der Waals surface area contributed by atoms with Gasteiger partial charge in [-0.15, -0.1) is 11.3 Å². The molecule has 0 radical (unpaired) electrons. The van der Waals surface area contributed by atoms with Gasteiger partial charge in [0.2, 0.25) is 11.1 Å². The zero-order valence-electron chi connectivity index (χ0n) is 17.7. The third kappa shape index (κ3) is 5.53. The normalized spacial score (nSPS) is 12.3. The van der Waals surface area contributed by atoms with Crippen LogP contribution in [-0.2, 0) is 21.1 Å². The molecule has 0 spiro atoms. The SMILES string of the molecule is CS(=O)Oc1ccc2ccn(-c3ccc(NC(=O)NS(=O)(=O)c4ccc(Cl)s4)cc3F)c(=O)c2c1. The molecule has 2 heterocycles. The number of carbonyl (C=O) groups is 1. The van der Waals surface area contributed by atoms with Crippen LogP contribution >= 0.6 is 22.9 Å². The fourth-order valence-electron chi connectivity index (χ4n) is 3.15. The van der Waals surface area contributed by atoms with E-state index >= 15 is 0 Å². The van der Waals surface area contributed by atoms with Gasteiger partial charge in [-0.05, 0) is 53.9 Å². The first-order chi connectivity index (χ1) is 16.5. The van der Waals surface area contributed by atoms with E-state index in [1.54, 1.807) is 18.2 Å². The van der Waals surface area contributed by atoms with E-state index in [1.807, 2.05) is 4.72 Å². The van der Waals surface area contributed by atoms with Crippen LogP contribution in [0.25, 0.3) is 16.5 Å². The van der Waals surface area contributed by atoms with Crippen molar-refractivity contribution >= 4 is 66.5 Å². The largest absolute Gasteiger partial charge is 0.401 e. The van der Waals surface area contributed by atoms with Gasteiger partial charge < -0.3 is 9.50 Å². The number of hydrogen-bond acceptors (Lipinski definition) is 7. The lowest BCUT2D eigenvalue weighted by molar-refractivity contribution is 0.256. The highest BCUT2D eigenvalue weighted by molar-refractivity contribution is 7.92. The number of halogens is 2. The predicted octanol–water partition coefficient (Wildman–Crippen LogP) is 4.03. The summed E-state index contributed by atoms with van der Waals surface area (Å²) in [5, 5.41) is 3.02. The lowest BCUT2D eigenvalue weighted by Crippen LogP contribution is -2.34. The molecular weight excluding hydrogens is 541 g/mol. The molecular formula is C21H15ClFN3O6S3. The van der Waals surface area contributed by atoms with E-state index in [1.165, 1.54) is 42.8 Å². The number of nitrogens with zero attached hydrogens (tertiary/aromatic N) is 1. The van der Waals surface area contributed by atoms with Crippen molar-refractivity contribution in [2.75, 3.05) is 11.6 Å². The molecule has 0 bridgehead atoms. The van der Waals surface area contributed by atoms with E-state index in [0.29, 0.717) is 5.39 Å². The number of nitrogens with one attached hydrogen (secondary N) is 2. The van der Waals surface area contributed by atoms with Gasteiger partial charge in [0.15, 0.2) is 0 Å². The molecule has 1 atom stereocenters. The number of rotatable bonds is 6. The van der Waals surface area contributed by atoms with E-state index in [9.17, 15) is 26.6 Å². The number of anilines is 1. The van der Waals surface area contributed by atoms with Gasteiger partial charge >= 0.3 is 6.03 Å². The Morgan fingerprint density at radius 2 is 1.91 bits per heavy atom. The van der Waals surface area contributed by atoms with Crippen molar-refractivity contribution in [3.05, 3.63) is 81.3 Å². The summed E-state index contributed by atoms with van der Waals surface area (Å²) in [5.74, 6) is -0.627. The quantitative estimate of drug-likeness (QED) is 0.370. The Hall–Kier alpha value is -3.26. The van der Waals surface area contributed by atoms with Crippen LogP contribution in [0.15, 0.2) is 69.8 Å². The highest BCUT2D eigenvalue weighted by Gasteiger charge is 2.20. The van der Waals surface area contributed by atoms with E-state index in [-0.39, 0.29) is 31.1 Å². The molecule has 2 aromatic carbocycles. The second-order valence-corrected chi connectivity index (χ2v) is 11.6. The number of aromatic nitrogens is 1. The second-order valence-electron chi connectivity index (χ2n) is 7.01. The molecule has 0 aliphatic heterocycles. The van der Waals surface area contributed by atoms with Crippen molar-refractivity contribution in [1.82, 2.24) is 9.29 Å². The predicted molar refractivity (Wildman–Crippen MR) is 133 cm³/mol. The lowest BCUT2D eigenvalue weighted by Gasteiger charge is -2.12. The number of pyridine rings is 1. The van der Waals surface area contributed by atoms with Crippen LogP contribution in [0.2, 0.25) is 4.34 Å². The topological polar surface area (TPSA) is 124 Å². The first-order valence-electron chi connectivity index (χ1n) is 9.60. The van der Waals surface area contributed by atoms with Crippen LogP contribution in [-0.4, -0.2) is 29.5 Å². The number of fused-ring (bicyclic) bond motifs is 1. The number of hydrogen-bond donors (Lipinski definition) is 2. The zero-order chi connectivity index (χ0) is 25.3. The number of benzene rings is 2. The summed E-state index contributed by atoms with van der Waals surface area (Å²) in [6, 6.07) is 11.2. The molecule has 4 rings (SSSR count). The molecule has 0 saturated heterocycles. The van der Waals surface area contributed by atoms with E-state index in [2.05, 4.69) is 5.32 Å². The Bertz CT molecular complexity index is 1650. The van der Waals surface area contributed by atoms with Crippen LogP contribution in [0.4, 0.5) is 14.9 Å². The van der Waals surface area contributed by atoms with Crippen molar-refractivity contribution in [2.24, 2.45) is 0 Å². The Kier molecular flexibility index (Phi) is 6.94. The molecule has 14 heteroatoms. The van der Waals surface area contributed by atoms with Crippen molar-refractivity contribution in [2.45, 2.75) is 4.21 Å². The number of amides is 2. The highest BCUT2D eigenvalue weighted by atomic mass is 35.5. The molecule has 2 aromatic heterocycles. The molecule has 2 amide bonds. The number of carbonyl (C=O) groups excluding carboxylic acids is 1. The number of thiophene rings is 1.